The highest BCUT2D eigenvalue weighted by molar-refractivity contribution is 9.09. The minimum absolute atomic E-state index is 0.272. The largest absolute Gasteiger partial charge is 0.497 e. The van der Waals surface area contributed by atoms with Gasteiger partial charge in [0.25, 0.3) is 0 Å². The number of benzene rings is 1. The topological polar surface area (TPSA) is 35.5 Å². The zero-order valence-corrected chi connectivity index (χ0v) is 11.5. The molecule has 3 nitrogen and oxygen atoms in total. The van der Waals surface area contributed by atoms with Gasteiger partial charge in [-0.1, -0.05) is 15.9 Å². The van der Waals surface area contributed by atoms with E-state index < -0.39 is 0 Å². The van der Waals surface area contributed by atoms with Crippen molar-refractivity contribution in [1.29, 1.82) is 0 Å². The van der Waals surface area contributed by atoms with Crippen LogP contribution in [0, 0.1) is 0 Å². The van der Waals surface area contributed by atoms with Crippen LogP contribution < -0.4 is 4.74 Å². The van der Waals surface area contributed by atoms with Crippen molar-refractivity contribution in [3.8, 4) is 5.75 Å². The Morgan fingerprint density at radius 1 is 1.18 bits per heavy atom. The smallest absolute Gasteiger partial charge is 0.338 e. The molecule has 0 aliphatic heterocycles. The highest BCUT2D eigenvalue weighted by Crippen LogP contribution is 2.12. The third-order valence-corrected chi connectivity index (χ3v) is 2.90. The number of unbranched alkanes of at least 4 members (excludes halogenated alkanes) is 2. The molecule has 0 radical (unpaired) electrons. The van der Waals surface area contributed by atoms with Crippen LogP contribution in [0.3, 0.4) is 0 Å². The van der Waals surface area contributed by atoms with Crippen molar-refractivity contribution in [2.24, 2.45) is 0 Å². The van der Waals surface area contributed by atoms with E-state index in [1.165, 1.54) is 0 Å². The third kappa shape index (κ3) is 5.22. The predicted octanol–water partition coefficient (Wildman–Crippen LogP) is 3.42. The molecule has 0 N–H and O–H groups in total. The van der Waals surface area contributed by atoms with Crippen molar-refractivity contribution in [1.82, 2.24) is 0 Å². The van der Waals surface area contributed by atoms with Crippen LogP contribution in [0.1, 0.15) is 29.6 Å². The molecule has 4 heteroatoms. The van der Waals surface area contributed by atoms with Gasteiger partial charge in [-0.3, -0.25) is 0 Å². The summed E-state index contributed by atoms with van der Waals surface area (Å²) in [5.41, 5.74) is 0.561. The van der Waals surface area contributed by atoms with E-state index in [4.69, 9.17) is 9.47 Å². The maximum Gasteiger partial charge on any atom is 0.338 e. The average molecular weight is 301 g/mol. The molecule has 0 spiro atoms. The van der Waals surface area contributed by atoms with Crippen LogP contribution in [0.2, 0.25) is 0 Å². The summed E-state index contributed by atoms with van der Waals surface area (Å²) < 4.78 is 10.2. The van der Waals surface area contributed by atoms with Gasteiger partial charge in [0, 0.05) is 5.33 Å². The van der Waals surface area contributed by atoms with Crippen molar-refractivity contribution in [2.45, 2.75) is 19.3 Å². The highest BCUT2D eigenvalue weighted by atomic mass is 79.9. The molecule has 0 amide bonds. The molecule has 1 rings (SSSR count). The van der Waals surface area contributed by atoms with Gasteiger partial charge in [0.05, 0.1) is 19.3 Å². The lowest BCUT2D eigenvalue weighted by atomic mass is 10.2. The van der Waals surface area contributed by atoms with Crippen LogP contribution in [0.15, 0.2) is 24.3 Å². The van der Waals surface area contributed by atoms with Crippen LogP contribution in [-0.2, 0) is 4.74 Å². The molecule has 0 saturated carbocycles. The Bertz CT molecular complexity index is 335. The predicted molar refractivity (Wildman–Crippen MR) is 70.9 cm³/mol. The van der Waals surface area contributed by atoms with E-state index in [9.17, 15) is 4.79 Å². The summed E-state index contributed by atoms with van der Waals surface area (Å²) in [5, 5.41) is 0.999. The van der Waals surface area contributed by atoms with E-state index in [-0.39, 0.29) is 5.97 Å². The molecule has 0 unspecified atom stereocenters. The molecule has 0 bridgehead atoms. The Balaban J connectivity index is 2.31. The minimum atomic E-state index is -0.272. The molecule has 0 aliphatic carbocycles. The Morgan fingerprint density at radius 2 is 1.88 bits per heavy atom. The van der Waals surface area contributed by atoms with Crippen LogP contribution in [0.25, 0.3) is 0 Å². The summed E-state index contributed by atoms with van der Waals surface area (Å²) in [5.74, 6) is 0.463. The van der Waals surface area contributed by atoms with Gasteiger partial charge < -0.3 is 9.47 Å². The van der Waals surface area contributed by atoms with Gasteiger partial charge in [0.2, 0.25) is 0 Å². The van der Waals surface area contributed by atoms with Gasteiger partial charge >= 0.3 is 5.97 Å². The summed E-state index contributed by atoms with van der Waals surface area (Å²) in [7, 11) is 1.59. The van der Waals surface area contributed by atoms with Crippen LogP contribution in [0.4, 0.5) is 0 Å². The Hall–Kier alpha value is -1.03. The maximum atomic E-state index is 11.6. The molecule has 0 aromatic heterocycles. The first-order valence-corrected chi connectivity index (χ1v) is 6.77. The van der Waals surface area contributed by atoms with Gasteiger partial charge in [-0.15, -0.1) is 0 Å². The molecule has 0 fully saturated rings. The molecule has 0 atom stereocenters. The summed E-state index contributed by atoms with van der Waals surface area (Å²) in [6.45, 7) is 0.484. The quantitative estimate of drug-likeness (QED) is 0.440. The molecule has 17 heavy (non-hydrogen) atoms. The zero-order valence-electron chi connectivity index (χ0n) is 9.95. The summed E-state index contributed by atoms with van der Waals surface area (Å²) in [4.78, 5) is 11.6. The minimum Gasteiger partial charge on any atom is -0.497 e. The van der Waals surface area contributed by atoms with Gasteiger partial charge in [-0.25, -0.2) is 4.79 Å². The number of ether oxygens (including phenoxy) is 2. The summed E-state index contributed by atoms with van der Waals surface area (Å²) in [6.07, 6.45) is 3.09. The number of carbonyl (C=O) groups is 1. The Kier molecular flexibility index (Phi) is 6.70. The monoisotopic (exact) mass is 300 g/mol. The highest BCUT2D eigenvalue weighted by Gasteiger charge is 2.06. The third-order valence-electron chi connectivity index (χ3n) is 2.34. The number of methoxy groups -OCH3 is 1. The van der Waals surface area contributed by atoms with E-state index in [0.29, 0.717) is 12.2 Å². The molecule has 0 saturated heterocycles. The average Bonchev–Trinajstić information content (AvgIpc) is 2.38. The molecule has 1 aromatic rings. The fourth-order valence-corrected chi connectivity index (χ4v) is 1.75. The lowest BCUT2D eigenvalue weighted by molar-refractivity contribution is 0.0498. The van der Waals surface area contributed by atoms with E-state index in [1.54, 1.807) is 31.4 Å². The van der Waals surface area contributed by atoms with E-state index in [1.807, 2.05) is 0 Å². The van der Waals surface area contributed by atoms with Gasteiger partial charge in [0.1, 0.15) is 5.75 Å². The van der Waals surface area contributed by atoms with E-state index >= 15 is 0 Å². The number of halogens is 1. The SMILES string of the molecule is COc1ccc(C(=O)OCCCCCBr)cc1. The number of carbonyl (C=O) groups excluding carboxylic acids is 1. The van der Waals surface area contributed by atoms with E-state index in [2.05, 4.69) is 15.9 Å². The molecule has 1 aromatic carbocycles. The van der Waals surface area contributed by atoms with E-state index in [0.717, 1.165) is 30.3 Å². The van der Waals surface area contributed by atoms with Crippen LogP contribution in [-0.4, -0.2) is 25.0 Å². The number of hydrogen-bond acceptors (Lipinski definition) is 3. The Labute approximate surface area is 110 Å². The second-order valence-corrected chi connectivity index (χ2v) is 4.41. The molecule has 0 aliphatic rings. The fourth-order valence-electron chi connectivity index (χ4n) is 1.35. The van der Waals surface area contributed by atoms with Crippen molar-refractivity contribution in [3.63, 3.8) is 0 Å². The number of rotatable bonds is 7. The standard InChI is InChI=1S/C13H17BrO3/c1-16-12-7-5-11(6-8-12)13(15)17-10-4-2-3-9-14/h5-8H,2-4,9-10H2,1H3. The summed E-state index contributed by atoms with van der Waals surface area (Å²) >= 11 is 3.36. The van der Waals surface area contributed by atoms with Gasteiger partial charge in [-0.2, -0.15) is 0 Å². The number of alkyl halides is 1. The zero-order chi connectivity index (χ0) is 12.5. The molecule has 0 heterocycles. The first-order valence-electron chi connectivity index (χ1n) is 5.65. The lowest BCUT2D eigenvalue weighted by Gasteiger charge is -2.05. The first-order chi connectivity index (χ1) is 8.27. The van der Waals surface area contributed by atoms with Crippen molar-refractivity contribution >= 4 is 21.9 Å². The number of hydrogen-bond donors (Lipinski definition) is 0. The molecular formula is C13H17BrO3. The van der Waals surface area contributed by atoms with Crippen molar-refractivity contribution in [3.05, 3.63) is 29.8 Å². The van der Waals surface area contributed by atoms with Crippen molar-refractivity contribution < 1.29 is 14.3 Å². The maximum absolute atomic E-state index is 11.6. The second kappa shape index (κ2) is 8.12. The first kappa shape index (κ1) is 14.0. The number of esters is 1. The van der Waals surface area contributed by atoms with Crippen molar-refractivity contribution in [2.75, 3.05) is 19.0 Å². The fraction of sp³-hybridized carbons (Fsp3) is 0.462. The van der Waals surface area contributed by atoms with Crippen LogP contribution in [0.5, 0.6) is 5.75 Å². The van der Waals surface area contributed by atoms with Gasteiger partial charge in [-0.05, 0) is 43.5 Å². The van der Waals surface area contributed by atoms with Gasteiger partial charge in [0.15, 0.2) is 0 Å². The Morgan fingerprint density at radius 3 is 2.47 bits per heavy atom. The lowest BCUT2D eigenvalue weighted by Crippen LogP contribution is -2.06. The summed E-state index contributed by atoms with van der Waals surface area (Å²) in [6, 6.07) is 6.92. The second-order valence-electron chi connectivity index (χ2n) is 3.61. The molecular weight excluding hydrogens is 284 g/mol. The molecule has 94 valence electrons. The normalized spacial score (nSPS) is 10.0. The van der Waals surface area contributed by atoms with Crippen LogP contribution >= 0.6 is 15.9 Å².